The maximum Gasteiger partial charge on any atom is 0.123 e. The van der Waals surface area contributed by atoms with Gasteiger partial charge in [-0.2, -0.15) is 0 Å². The summed E-state index contributed by atoms with van der Waals surface area (Å²) in [5.41, 5.74) is 9.88. The summed E-state index contributed by atoms with van der Waals surface area (Å²) in [4.78, 5) is 3.27. The molecule has 0 radical (unpaired) electrons. The van der Waals surface area contributed by atoms with Gasteiger partial charge in [-0.3, -0.25) is 0 Å². The van der Waals surface area contributed by atoms with Crippen molar-refractivity contribution in [1.29, 1.82) is 0 Å². The fourth-order valence-electron chi connectivity index (χ4n) is 2.53. The molecule has 0 aliphatic heterocycles. The molecule has 1 aromatic heterocycles. The number of nitrogens with one attached hydrogen (secondary N) is 1. The molecule has 0 spiro atoms. The summed E-state index contributed by atoms with van der Waals surface area (Å²) >= 11 is 0. The maximum absolute atomic E-state index is 13.3. The molecule has 3 N–H and O–H groups in total. The average molecular weight is 268 g/mol. The van der Waals surface area contributed by atoms with E-state index in [0.29, 0.717) is 6.54 Å². The SMILES string of the molecule is NCCCc1c[nH]c2ccc(-c3cccc(F)c3)cc12. The van der Waals surface area contributed by atoms with Crippen molar-refractivity contribution in [2.75, 3.05) is 6.54 Å². The molecule has 0 aliphatic carbocycles. The lowest BCUT2D eigenvalue weighted by Gasteiger charge is -2.04. The van der Waals surface area contributed by atoms with Crippen LogP contribution in [-0.4, -0.2) is 11.5 Å². The number of nitrogens with two attached hydrogens (primary N) is 1. The van der Waals surface area contributed by atoms with Crippen molar-refractivity contribution < 1.29 is 4.39 Å². The largest absolute Gasteiger partial charge is 0.361 e. The molecule has 0 saturated carbocycles. The van der Waals surface area contributed by atoms with E-state index in [1.54, 1.807) is 12.1 Å². The summed E-state index contributed by atoms with van der Waals surface area (Å²) < 4.78 is 13.3. The minimum Gasteiger partial charge on any atom is -0.361 e. The van der Waals surface area contributed by atoms with Crippen molar-refractivity contribution in [2.45, 2.75) is 12.8 Å². The van der Waals surface area contributed by atoms with E-state index in [1.165, 1.54) is 17.0 Å². The third-order valence-corrected chi connectivity index (χ3v) is 3.58. The van der Waals surface area contributed by atoms with Crippen LogP contribution in [0.15, 0.2) is 48.7 Å². The van der Waals surface area contributed by atoms with Gasteiger partial charge >= 0.3 is 0 Å². The Morgan fingerprint density at radius 2 is 1.90 bits per heavy atom. The first-order valence-corrected chi connectivity index (χ1v) is 6.84. The van der Waals surface area contributed by atoms with Crippen LogP contribution < -0.4 is 5.73 Å². The molecular weight excluding hydrogens is 251 g/mol. The van der Waals surface area contributed by atoms with E-state index in [1.807, 2.05) is 24.4 Å². The highest BCUT2D eigenvalue weighted by Crippen LogP contribution is 2.27. The number of aromatic nitrogens is 1. The predicted octanol–water partition coefficient (Wildman–Crippen LogP) is 3.87. The van der Waals surface area contributed by atoms with Crippen LogP contribution in [0.4, 0.5) is 4.39 Å². The van der Waals surface area contributed by atoms with E-state index < -0.39 is 0 Å². The van der Waals surface area contributed by atoms with Crippen LogP contribution in [-0.2, 0) is 6.42 Å². The zero-order chi connectivity index (χ0) is 13.9. The first-order chi connectivity index (χ1) is 9.78. The van der Waals surface area contributed by atoms with Crippen molar-refractivity contribution in [1.82, 2.24) is 4.98 Å². The number of rotatable bonds is 4. The predicted molar refractivity (Wildman–Crippen MR) is 81.1 cm³/mol. The summed E-state index contributed by atoms with van der Waals surface area (Å²) in [6.07, 6.45) is 3.97. The second-order valence-electron chi connectivity index (χ2n) is 4.98. The van der Waals surface area contributed by atoms with Crippen LogP contribution in [0.3, 0.4) is 0 Å². The summed E-state index contributed by atoms with van der Waals surface area (Å²) in [5.74, 6) is -0.208. The van der Waals surface area contributed by atoms with Crippen LogP contribution in [0.1, 0.15) is 12.0 Å². The van der Waals surface area contributed by atoms with Gasteiger partial charge in [0.25, 0.3) is 0 Å². The molecule has 0 amide bonds. The molecule has 0 fully saturated rings. The van der Waals surface area contributed by atoms with Crippen molar-refractivity contribution in [3.63, 3.8) is 0 Å². The van der Waals surface area contributed by atoms with Crippen LogP contribution in [0, 0.1) is 5.82 Å². The minimum atomic E-state index is -0.208. The Balaban J connectivity index is 2.04. The van der Waals surface area contributed by atoms with Crippen LogP contribution in [0.2, 0.25) is 0 Å². The molecule has 102 valence electrons. The Labute approximate surface area is 117 Å². The quantitative estimate of drug-likeness (QED) is 0.741. The second kappa shape index (κ2) is 5.47. The standard InChI is InChI=1S/C17H17FN2/c18-15-5-1-3-12(9-15)13-6-7-17-16(10-13)14(11-20-17)4-2-8-19/h1,3,5-7,9-11,20H,2,4,8,19H2. The topological polar surface area (TPSA) is 41.8 Å². The Morgan fingerprint density at radius 1 is 1.05 bits per heavy atom. The van der Waals surface area contributed by atoms with Gasteiger partial charge in [-0.05, 0) is 60.3 Å². The zero-order valence-corrected chi connectivity index (χ0v) is 11.2. The second-order valence-corrected chi connectivity index (χ2v) is 4.98. The summed E-state index contributed by atoms with van der Waals surface area (Å²) in [6.45, 7) is 0.691. The number of hydrogen-bond acceptors (Lipinski definition) is 1. The van der Waals surface area contributed by atoms with E-state index in [2.05, 4.69) is 11.1 Å². The lowest BCUT2D eigenvalue weighted by molar-refractivity contribution is 0.628. The Bertz CT molecular complexity index is 731. The van der Waals surface area contributed by atoms with Crippen LogP contribution in [0.5, 0.6) is 0 Å². The molecule has 20 heavy (non-hydrogen) atoms. The smallest absolute Gasteiger partial charge is 0.123 e. The monoisotopic (exact) mass is 268 g/mol. The highest BCUT2D eigenvalue weighted by molar-refractivity contribution is 5.88. The summed E-state index contributed by atoms with van der Waals surface area (Å²) in [7, 11) is 0. The lowest BCUT2D eigenvalue weighted by Crippen LogP contribution is -1.99. The van der Waals surface area contributed by atoms with Crippen molar-refractivity contribution in [2.24, 2.45) is 5.73 Å². The molecule has 0 saturated heterocycles. The normalized spacial score (nSPS) is 11.1. The minimum absolute atomic E-state index is 0.208. The zero-order valence-electron chi connectivity index (χ0n) is 11.2. The number of halogens is 1. The van der Waals surface area contributed by atoms with Gasteiger partial charge in [0.1, 0.15) is 5.82 Å². The van der Waals surface area contributed by atoms with Crippen molar-refractivity contribution in [3.8, 4) is 11.1 Å². The van der Waals surface area contributed by atoms with Gasteiger partial charge in [-0.25, -0.2) is 4.39 Å². The summed E-state index contributed by atoms with van der Waals surface area (Å²) in [5, 5.41) is 1.19. The number of H-pyrrole nitrogens is 1. The van der Waals surface area contributed by atoms with Gasteiger partial charge in [-0.1, -0.05) is 18.2 Å². The highest BCUT2D eigenvalue weighted by Gasteiger charge is 2.06. The van der Waals surface area contributed by atoms with Gasteiger partial charge in [0.15, 0.2) is 0 Å². The van der Waals surface area contributed by atoms with Gasteiger partial charge in [0.05, 0.1) is 0 Å². The molecule has 3 aromatic rings. The van der Waals surface area contributed by atoms with Gasteiger partial charge in [-0.15, -0.1) is 0 Å². The molecule has 0 atom stereocenters. The van der Waals surface area contributed by atoms with Crippen LogP contribution >= 0.6 is 0 Å². The first kappa shape index (κ1) is 12.9. The fourth-order valence-corrected chi connectivity index (χ4v) is 2.53. The van der Waals surface area contributed by atoms with E-state index in [9.17, 15) is 4.39 Å². The van der Waals surface area contributed by atoms with Crippen molar-refractivity contribution in [3.05, 3.63) is 60.0 Å². The third kappa shape index (κ3) is 2.45. The molecule has 2 nitrogen and oxygen atoms in total. The number of hydrogen-bond donors (Lipinski definition) is 2. The Hall–Kier alpha value is -2.13. The molecular formula is C17H17FN2. The van der Waals surface area contributed by atoms with Gasteiger partial charge in [0.2, 0.25) is 0 Å². The molecule has 3 heteroatoms. The van der Waals surface area contributed by atoms with Crippen molar-refractivity contribution >= 4 is 10.9 Å². The molecule has 3 rings (SSSR count). The number of fused-ring (bicyclic) bond motifs is 1. The fraction of sp³-hybridized carbons (Fsp3) is 0.176. The highest BCUT2D eigenvalue weighted by atomic mass is 19.1. The molecule has 0 aliphatic rings. The molecule has 0 unspecified atom stereocenters. The summed E-state index contributed by atoms with van der Waals surface area (Å²) in [6, 6.07) is 12.9. The molecule has 2 aromatic carbocycles. The molecule has 0 bridgehead atoms. The Morgan fingerprint density at radius 3 is 2.70 bits per heavy atom. The van der Waals surface area contributed by atoms with Gasteiger partial charge < -0.3 is 10.7 Å². The van der Waals surface area contributed by atoms with E-state index in [4.69, 9.17) is 5.73 Å². The molecule has 1 heterocycles. The number of aromatic amines is 1. The van der Waals surface area contributed by atoms with E-state index in [-0.39, 0.29) is 5.82 Å². The first-order valence-electron chi connectivity index (χ1n) is 6.84. The lowest BCUT2D eigenvalue weighted by atomic mass is 10.0. The third-order valence-electron chi connectivity index (χ3n) is 3.58. The van der Waals surface area contributed by atoms with Crippen LogP contribution in [0.25, 0.3) is 22.0 Å². The Kier molecular flexibility index (Phi) is 3.52. The van der Waals surface area contributed by atoms with Gasteiger partial charge in [0, 0.05) is 17.1 Å². The maximum atomic E-state index is 13.3. The number of aryl methyl sites for hydroxylation is 1. The number of benzene rings is 2. The van der Waals surface area contributed by atoms with E-state index >= 15 is 0 Å². The average Bonchev–Trinajstić information content (AvgIpc) is 2.87. The van der Waals surface area contributed by atoms with E-state index in [0.717, 1.165) is 29.5 Å².